The van der Waals surface area contributed by atoms with Crippen LogP contribution in [0.15, 0.2) is 23.1 Å². The Bertz CT molecular complexity index is 520. The molecule has 1 aromatic rings. The first-order valence-electron chi connectivity index (χ1n) is 5.08. The van der Waals surface area contributed by atoms with Gasteiger partial charge in [-0.1, -0.05) is 0 Å². The monoisotopic (exact) mass is 260 g/mol. The summed E-state index contributed by atoms with van der Waals surface area (Å²) >= 11 is 0. The van der Waals surface area contributed by atoms with Gasteiger partial charge in [-0.25, -0.2) is 17.5 Å². The molecule has 1 aliphatic carbocycles. The first-order chi connectivity index (χ1) is 7.87. The minimum Gasteiger partial charge on any atom is -0.399 e. The lowest BCUT2D eigenvalue weighted by molar-refractivity contribution is 0.246. The number of aliphatic hydroxyl groups is 1. The minimum absolute atomic E-state index is 0.0409. The highest BCUT2D eigenvalue weighted by atomic mass is 32.2. The zero-order valence-corrected chi connectivity index (χ0v) is 9.80. The van der Waals surface area contributed by atoms with Crippen LogP contribution in [-0.2, 0) is 10.0 Å². The first-order valence-corrected chi connectivity index (χ1v) is 6.56. The lowest BCUT2D eigenvalue weighted by Gasteiger charge is -2.14. The van der Waals surface area contributed by atoms with Gasteiger partial charge in [0.25, 0.3) is 0 Å². The summed E-state index contributed by atoms with van der Waals surface area (Å²) in [5.74, 6) is -0.709. The predicted molar refractivity (Wildman–Crippen MR) is 60.2 cm³/mol. The summed E-state index contributed by atoms with van der Waals surface area (Å²) in [5, 5.41) is 9.05. The molecule has 0 amide bonds. The van der Waals surface area contributed by atoms with Crippen molar-refractivity contribution < 1.29 is 17.9 Å². The molecule has 0 heterocycles. The number of aliphatic hydroxyl groups excluding tert-OH is 1. The molecule has 0 atom stereocenters. The maximum Gasteiger partial charge on any atom is 0.241 e. The van der Waals surface area contributed by atoms with Crippen molar-refractivity contribution in [1.29, 1.82) is 0 Å². The first kappa shape index (κ1) is 12.3. The second-order valence-electron chi connectivity index (χ2n) is 4.26. The van der Waals surface area contributed by atoms with Gasteiger partial charge < -0.3 is 10.8 Å². The third-order valence-corrected chi connectivity index (χ3v) is 4.27. The molecule has 5 nitrogen and oxygen atoms in total. The summed E-state index contributed by atoms with van der Waals surface area (Å²) in [5.41, 5.74) is 4.65. The van der Waals surface area contributed by atoms with E-state index in [1.54, 1.807) is 0 Å². The van der Waals surface area contributed by atoms with Crippen LogP contribution in [0.3, 0.4) is 0 Å². The zero-order chi connectivity index (χ0) is 12.7. The van der Waals surface area contributed by atoms with Gasteiger partial charge in [0.05, 0.1) is 17.0 Å². The number of anilines is 1. The van der Waals surface area contributed by atoms with Crippen LogP contribution in [0.25, 0.3) is 0 Å². The van der Waals surface area contributed by atoms with Gasteiger partial charge in [0, 0.05) is 5.69 Å². The third-order valence-electron chi connectivity index (χ3n) is 2.71. The van der Waals surface area contributed by atoms with Crippen LogP contribution >= 0.6 is 0 Å². The van der Waals surface area contributed by atoms with Gasteiger partial charge in [-0.2, -0.15) is 0 Å². The molecule has 1 aliphatic rings. The maximum absolute atomic E-state index is 13.1. The molecule has 0 aliphatic heterocycles. The maximum atomic E-state index is 13.1. The highest BCUT2D eigenvalue weighted by Crippen LogP contribution is 2.36. The van der Waals surface area contributed by atoms with Crippen LogP contribution in [0.1, 0.15) is 12.8 Å². The molecule has 94 valence electrons. The van der Waals surface area contributed by atoms with Crippen LogP contribution in [0.4, 0.5) is 10.1 Å². The summed E-state index contributed by atoms with van der Waals surface area (Å²) in [6.07, 6.45) is 1.15. The number of halogens is 1. The summed E-state index contributed by atoms with van der Waals surface area (Å²) in [7, 11) is -3.84. The third kappa shape index (κ3) is 2.56. The Kier molecular flexibility index (Phi) is 2.84. The van der Waals surface area contributed by atoms with Crippen LogP contribution in [0.2, 0.25) is 0 Å². The smallest absolute Gasteiger partial charge is 0.241 e. The van der Waals surface area contributed by atoms with Crippen molar-refractivity contribution in [2.24, 2.45) is 0 Å². The topological polar surface area (TPSA) is 92.4 Å². The van der Waals surface area contributed by atoms with Gasteiger partial charge in [0.15, 0.2) is 0 Å². The van der Waals surface area contributed by atoms with Gasteiger partial charge in [0.2, 0.25) is 10.0 Å². The number of nitrogens with two attached hydrogens (primary N) is 1. The van der Waals surface area contributed by atoms with E-state index in [-0.39, 0.29) is 17.2 Å². The van der Waals surface area contributed by atoms with Crippen LogP contribution in [-0.4, -0.2) is 25.7 Å². The molecule has 1 fully saturated rings. The Labute approximate surface area is 98.5 Å². The number of benzene rings is 1. The van der Waals surface area contributed by atoms with E-state index in [2.05, 4.69) is 4.72 Å². The van der Waals surface area contributed by atoms with E-state index in [1.807, 2.05) is 0 Å². The van der Waals surface area contributed by atoms with E-state index in [4.69, 9.17) is 10.8 Å². The molecule has 1 saturated carbocycles. The number of hydrogen-bond acceptors (Lipinski definition) is 4. The predicted octanol–water partition coefficient (Wildman–Crippen LogP) is 0.211. The van der Waals surface area contributed by atoms with Crippen LogP contribution in [0.5, 0.6) is 0 Å². The van der Waals surface area contributed by atoms with E-state index >= 15 is 0 Å². The van der Waals surface area contributed by atoms with Gasteiger partial charge in [-0.15, -0.1) is 0 Å². The Morgan fingerprint density at radius 2 is 2.06 bits per heavy atom. The minimum atomic E-state index is -3.84. The largest absolute Gasteiger partial charge is 0.399 e. The second-order valence-corrected chi connectivity index (χ2v) is 5.95. The Hall–Kier alpha value is -1.18. The fourth-order valence-electron chi connectivity index (χ4n) is 1.53. The molecule has 1 aromatic carbocycles. The van der Waals surface area contributed by atoms with Crippen molar-refractivity contribution in [2.75, 3.05) is 12.3 Å². The zero-order valence-electron chi connectivity index (χ0n) is 8.98. The standard InChI is InChI=1S/C10H13FN2O3S/c11-7-3-8(12)5-9(4-7)17(15,16)13-10(6-14)1-2-10/h3-5,13-14H,1-2,6,12H2. The van der Waals surface area contributed by atoms with Crippen molar-refractivity contribution in [3.63, 3.8) is 0 Å². The molecule has 7 heteroatoms. The summed E-state index contributed by atoms with van der Waals surface area (Å²) in [4.78, 5) is -0.227. The number of nitrogens with one attached hydrogen (secondary N) is 1. The molecule has 0 radical (unpaired) electrons. The molecular formula is C10H13FN2O3S. The number of hydrogen-bond donors (Lipinski definition) is 3. The van der Waals surface area contributed by atoms with E-state index in [1.165, 1.54) is 6.07 Å². The van der Waals surface area contributed by atoms with Crippen LogP contribution in [0, 0.1) is 5.82 Å². The van der Waals surface area contributed by atoms with Crippen molar-refractivity contribution in [2.45, 2.75) is 23.3 Å². The van der Waals surface area contributed by atoms with E-state index in [0.29, 0.717) is 12.8 Å². The molecule has 0 bridgehead atoms. The van der Waals surface area contributed by atoms with Crippen molar-refractivity contribution in [3.8, 4) is 0 Å². The van der Waals surface area contributed by atoms with Crippen molar-refractivity contribution >= 4 is 15.7 Å². The molecule has 2 rings (SSSR count). The average Bonchev–Trinajstić information content (AvgIpc) is 2.96. The number of nitrogen functional groups attached to an aromatic ring is 1. The van der Waals surface area contributed by atoms with E-state index < -0.39 is 21.4 Å². The summed E-state index contributed by atoms with van der Waals surface area (Å²) < 4.78 is 39.2. The SMILES string of the molecule is Nc1cc(F)cc(S(=O)(=O)NC2(CO)CC2)c1. The Balaban J connectivity index is 2.31. The van der Waals surface area contributed by atoms with Crippen LogP contribution < -0.4 is 10.5 Å². The molecule has 0 spiro atoms. The van der Waals surface area contributed by atoms with Crippen molar-refractivity contribution in [1.82, 2.24) is 4.72 Å². The quantitative estimate of drug-likeness (QED) is 0.675. The molecule has 0 unspecified atom stereocenters. The Morgan fingerprint density at radius 3 is 2.53 bits per heavy atom. The highest BCUT2D eigenvalue weighted by Gasteiger charge is 2.45. The number of sulfonamides is 1. The van der Waals surface area contributed by atoms with Gasteiger partial charge in [-0.3, -0.25) is 0 Å². The highest BCUT2D eigenvalue weighted by molar-refractivity contribution is 7.89. The second kappa shape index (κ2) is 3.94. The Morgan fingerprint density at radius 1 is 1.41 bits per heavy atom. The fourth-order valence-corrected chi connectivity index (χ4v) is 3.04. The van der Waals surface area contributed by atoms with Crippen molar-refractivity contribution in [3.05, 3.63) is 24.0 Å². The molecular weight excluding hydrogens is 247 g/mol. The average molecular weight is 260 g/mol. The molecule has 4 N–H and O–H groups in total. The molecule has 0 aromatic heterocycles. The van der Waals surface area contributed by atoms with Gasteiger partial charge in [-0.05, 0) is 31.0 Å². The fraction of sp³-hybridized carbons (Fsp3) is 0.400. The normalized spacial score (nSPS) is 18.0. The number of rotatable bonds is 4. The van der Waals surface area contributed by atoms with Gasteiger partial charge in [0.1, 0.15) is 5.82 Å². The molecule has 17 heavy (non-hydrogen) atoms. The lowest BCUT2D eigenvalue weighted by atomic mass is 10.3. The summed E-state index contributed by atoms with van der Waals surface area (Å²) in [6.45, 7) is -0.267. The van der Waals surface area contributed by atoms with E-state index in [9.17, 15) is 12.8 Å². The van der Waals surface area contributed by atoms with Gasteiger partial charge >= 0.3 is 0 Å². The van der Waals surface area contributed by atoms with E-state index in [0.717, 1.165) is 12.1 Å². The lowest BCUT2D eigenvalue weighted by Crippen LogP contribution is -2.39. The summed E-state index contributed by atoms with van der Waals surface area (Å²) in [6, 6.07) is 3.11. The molecule has 0 saturated heterocycles.